The third kappa shape index (κ3) is 4.79. The Hall–Kier alpha value is -2.58. The Morgan fingerprint density at radius 3 is 2.24 bits per heavy atom. The fraction of sp³-hybridized carbons (Fsp3) is 0.250. The van der Waals surface area contributed by atoms with E-state index >= 15 is 0 Å². The molecular weight excluding hydrogens is 295 g/mol. The van der Waals surface area contributed by atoms with Crippen LogP contribution in [0.3, 0.4) is 0 Å². The summed E-state index contributed by atoms with van der Waals surface area (Å²) in [5.74, 6) is -5.35. The molecule has 3 N–H and O–H groups in total. The topological polar surface area (TPSA) is 104 Å². The zero-order chi connectivity index (χ0) is 16.2. The van der Waals surface area contributed by atoms with E-state index in [-0.39, 0.29) is 0 Å². The second kappa shape index (κ2) is 6.73. The Balaban J connectivity index is 2.97. The molecule has 0 heterocycles. The summed E-state index contributed by atoms with van der Waals surface area (Å²) >= 11 is 0. The number of hydrogen-bond donors (Lipinski definition) is 3. The van der Waals surface area contributed by atoms with Crippen molar-refractivity contribution in [2.75, 3.05) is 0 Å². The number of nitrogens with one attached hydrogen (secondary N) is 1. The summed E-state index contributed by atoms with van der Waals surface area (Å²) in [6, 6.07) is 0.116. The molecule has 0 saturated carbocycles. The largest absolute Gasteiger partial charge is 0.481 e. The van der Waals surface area contributed by atoms with E-state index in [9.17, 15) is 27.6 Å². The number of carboxylic acid groups (broad SMARTS) is 2. The fourth-order valence-electron chi connectivity index (χ4n) is 1.49. The quantitative estimate of drug-likeness (QED) is 0.737. The number of amides is 1. The monoisotopic (exact) mass is 305 g/mol. The van der Waals surface area contributed by atoms with Crippen LogP contribution in [0.5, 0.6) is 0 Å². The molecule has 0 aliphatic heterocycles. The molecule has 0 spiro atoms. The smallest absolute Gasteiger partial charge is 0.326 e. The predicted octanol–water partition coefficient (Wildman–Crippen LogP) is 1.42. The third-order valence-corrected chi connectivity index (χ3v) is 2.42. The van der Waals surface area contributed by atoms with Crippen LogP contribution >= 0.6 is 0 Å². The van der Waals surface area contributed by atoms with Crippen LogP contribution in [-0.4, -0.2) is 34.1 Å². The van der Waals surface area contributed by atoms with Crippen LogP contribution in [0, 0.1) is 5.82 Å². The van der Waals surface area contributed by atoms with E-state index in [2.05, 4.69) is 0 Å². The van der Waals surface area contributed by atoms with Gasteiger partial charge in [-0.15, -0.1) is 0 Å². The lowest BCUT2D eigenvalue weighted by Crippen LogP contribution is -2.42. The minimum atomic E-state index is -3.01. The van der Waals surface area contributed by atoms with Crippen molar-refractivity contribution >= 4 is 17.8 Å². The van der Waals surface area contributed by atoms with Gasteiger partial charge in [-0.1, -0.05) is 0 Å². The first kappa shape index (κ1) is 16.5. The number of halogens is 3. The minimum Gasteiger partial charge on any atom is -0.481 e. The van der Waals surface area contributed by atoms with Crippen molar-refractivity contribution in [1.29, 1.82) is 0 Å². The van der Waals surface area contributed by atoms with Gasteiger partial charge in [-0.05, 0) is 18.2 Å². The van der Waals surface area contributed by atoms with Crippen LogP contribution in [0.4, 0.5) is 13.2 Å². The number of aliphatic carboxylic acids is 2. The van der Waals surface area contributed by atoms with E-state index in [4.69, 9.17) is 10.2 Å². The lowest BCUT2D eigenvalue weighted by atomic mass is 10.1. The second-order valence-corrected chi connectivity index (χ2v) is 4.04. The summed E-state index contributed by atoms with van der Waals surface area (Å²) in [5, 5.41) is 19.1. The summed E-state index contributed by atoms with van der Waals surface area (Å²) in [6.07, 6.45) is -3.92. The van der Waals surface area contributed by atoms with Gasteiger partial charge < -0.3 is 15.5 Å². The summed E-state index contributed by atoms with van der Waals surface area (Å²) in [5.41, 5.74) is -1.27. The lowest BCUT2D eigenvalue weighted by Gasteiger charge is -2.13. The highest BCUT2D eigenvalue weighted by atomic mass is 19.3. The van der Waals surface area contributed by atoms with Gasteiger partial charge in [0.2, 0.25) is 0 Å². The van der Waals surface area contributed by atoms with Gasteiger partial charge in [-0.2, -0.15) is 0 Å². The van der Waals surface area contributed by atoms with Crippen LogP contribution in [0.2, 0.25) is 0 Å². The van der Waals surface area contributed by atoms with E-state index in [0.717, 1.165) is 0 Å². The van der Waals surface area contributed by atoms with Gasteiger partial charge in [0.25, 0.3) is 12.3 Å². The number of benzene rings is 1. The second-order valence-electron chi connectivity index (χ2n) is 4.04. The summed E-state index contributed by atoms with van der Waals surface area (Å²) in [6.45, 7) is 0. The standard InChI is InChI=1S/C12H10F3NO5/c13-7-2-5(10(14)15)1-6(3-7)11(19)16-8(12(20)21)4-9(17)18/h1-3,8,10H,4H2,(H,16,19)(H,17,18)(H,20,21). The number of carbonyl (C=O) groups excluding carboxylic acids is 1. The van der Waals surface area contributed by atoms with Crippen LogP contribution in [0.1, 0.15) is 28.8 Å². The number of rotatable bonds is 6. The average Bonchev–Trinajstić information content (AvgIpc) is 2.36. The number of hydrogen-bond acceptors (Lipinski definition) is 3. The lowest BCUT2D eigenvalue weighted by molar-refractivity contribution is -0.145. The molecule has 0 aliphatic rings. The van der Waals surface area contributed by atoms with Crippen molar-refractivity contribution in [3.8, 4) is 0 Å². The normalized spacial score (nSPS) is 12.0. The predicted molar refractivity (Wildman–Crippen MR) is 62.5 cm³/mol. The Labute approximate surface area is 116 Å². The summed E-state index contributed by atoms with van der Waals surface area (Å²) in [7, 11) is 0. The maximum atomic E-state index is 13.1. The molecule has 0 saturated heterocycles. The number of carboxylic acids is 2. The molecule has 1 atom stereocenters. The van der Waals surface area contributed by atoms with Crippen LogP contribution < -0.4 is 5.32 Å². The van der Waals surface area contributed by atoms with Crippen LogP contribution in [-0.2, 0) is 9.59 Å². The van der Waals surface area contributed by atoms with Gasteiger partial charge in [-0.25, -0.2) is 18.0 Å². The van der Waals surface area contributed by atoms with Gasteiger partial charge >= 0.3 is 11.9 Å². The van der Waals surface area contributed by atoms with Crippen molar-refractivity contribution in [2.45, 2.75) is 18.9 Å². The Bertz CT molecular complexity index is 576. The highest BCUT2D eigenvalue weighted by Gasteiger charge is 2.24. The summed E-state index contributed by atoms with van der Waals surface area (Å²) < 4.78 is 38.1. The van der Waals surface area contributed by atoms with E-state index in [1.165, 1.54) is 0 Å². The zero-order valence-corrected chi connectivity index (χ0v) is 10.3. The van der Waals surface area contributed by atoms with Crippen molar-refractivity contribution < 1.29 is 37.8 Å². The van der Waals surface area contributed by atoms with Gasteiger partial charge in [0.15, 0.2) is 0 Å². The molecule has 114 valence electrons. The van der Waals surface area contributed by atoms with Crippen molar-refractivity contribution in [3.05, 3.63) is 35.1 Å². The molecule has 6 nitrogen and oxygen atoms in total. The van der Waals surface area contributed by atoms with Gasteiger partial charge in [0, 0.05) is 11.1 Å². The number of alkyl halides is 2. The first-order valence-electron chi connectivity index (χ1n) is 5.54. The molecular formula is C12H10F3NO5. The Kier molecular flexibility index (Phi) is 5.28. The molecule has 1 rings (SSSR count). The van der Waals surface area contributed by atoms with E-state index in [1.807, 2.05) is 5.32 Å². The molecule has 1 aromatic rings. The van der Waals surface area contributed by atoms with Gasteiger partial charge in [0.05, 0.1) is 6.42 Å². The van der Waals surface area contributed by atoms with Crippen LogP contribution in [0.15, 0.2) is 18.2 Å². The van der Waals surface area contributed by atoms with E-state index in [0.29, 0.717) is 18.2 Å². The van der Waals surface area contributed by atoms with Gasteiger partial charge in [-0.3, -0.25) is 9.59 Å². The van der Waals surface area contributed by atoms with E-state index < -0.39 is 53.7 Å². The van der Waals surface area contributed by atoms with Crippen molar-refractivity contribution in [2.24, 2.45) is 0 Å². The Morgan fingerprint density at radius 1 is 1.14 bits per heavy atom. The van der Waals surface area contributed by atoms with Crippen molar-refractivity contribution in [3.63, 3.8) is 0 Å². The fourth-order valence-corrected chi connectivity index (χ4v) is 1.49. The molecule has 1 unspecified atom stereocenters. The SMILES string of the molecule is O=C(O)CC(NC(=O)c1cc(F)cc(C(F)F)c1)C(=O)O. The first-order valence-corrected chi connectivity index (χ1v) is 5.54. The van der Waals surface area contributed by atoms with E-state index in [1.54, 1.807) is 0 Å². The number of carbonyl (C=O) groups is 3. The molecule has 0 radical (unpaired) electrons. The molecule has 1 aromatic carbocycles. The molecule has 9 heteroatoms. The minimum absolute atomic E-state index is 0.526. The zero-order valence-electron chi connectivity index (χ0n) is 10.3. The summed E-state index contributed by atoms with van der Waals surface area (Å²) in [4.78, 5) is 32.9. The molecule has 0 aromatic heterocycles. The Morgan fingerprint density at radius 2 is 1.76 bits per heavy atom. The third-order valence-electron chi connectivity index (χ3n) is 2.42. The molecule has 0 aliphatic carbocycles. The highest BCUT2D eigenvalue weighted by Crippen LogP contribution is 2.21. The molecule has 0 fully saturated rings. The molecule has 21 heavy (non-hydrogen) atoms. The molecule has 0 bridgehead atoms. The van der Waals surface area contributed by atoms with Crippen LogP contribution in [0.25, 0.3) is 0 Å². The first-order chi connectivity index (χ1) is 9.70. The van der Waals surface area contributed by atoms with Gasteiger partial charge in [0.1, 0.15) is 11.9 Å². The average molecular weight is 305 g/mol. The van der Waals surface area contributed by atoms with Crippen molar-refractivity contribution in [1.82, 2.24) is 5.32 Å². The maximum Gasteiger partial charge on any atom is 0.326 e. The highest BCUT2D eigenvalue weighted by molar-refractivity contribution is 5.97. The maximum absolute atomic E-state index is 13.1. The molecule has 1 amide bonds.